The van der Waals surface area contributed by atoms with Crippen molar-refractivity contribution < 1.29 is 9.15 Å². The van der Waals surface area contributed by atoms with Gasteiger partial charge in [-0.05, 0) is 152 Å². The molecule has 14 rings (SSSR count). The van der Waals surface area contributed by atoms with Crippen molar-refractivity contribution in [1.29, 1.82) is 0 Å². The topological polar surface area (TPSA) is 70.9 Å². The maximum absolute atomic E-state index is 7.26. The van der Waals surface area contributed by atoms with Gasteiger partial charge in [0, 0.05) is 16.3 Å². The Morgan fingerprint density at radius 3 is 1.45 bits per heavy atom. The highest BCUT2D eigenvalue weighted by Crippen LogP contribution is 2.46. The van der Waals surface area contributed by atoms with E-state index < -0.39 is 0 Å². The van der Waals surface area contributed by atoms with Gasteiger partial charge >= 0.3 is 0 Å². The summed E-state index contributed by atoms with van der Waals surface area (Å²) in [7, 11) is 0. The zero-order valence-corrected chi connectivity index (χ0v) is 47.6. The molecule has 82 heavy (non-hydrogen) atoms. The van der Waals surface area contributed by atoms with Crippen LogP contribution in [-0.2, 0) is 0 Å². The third-order valence-electron chi connectivity index (χ3n) is 16.4. The molecule has 4 heterocycles. The molecule has 7 nitrogen and oxygen atoms in total. The van der Waals surface area contributed by atoms with E-state index in [2.05, 4.69) is 271 Å². The average molecular weight is 1070 g/mol. The molecule has 0 saturated heterocycles. The third-order valence-corrected chi connectivity index (χ3v) is 16.4. The first-order valence-corrected chi connectivity index (χ1v) is 28.9. The van der Waals surface area contributed by atoms with Crippen molar-refractivity contribution in [2.45, 2.75) is 79.1 Å². The van der Waals surface area contributed by atoms with Crippen LogP contribution < -0.4 is 4.74 Å². The minimum absolute atomic E-state index is 0.181. The molecule has 0 aliphatic rings. The molecule has 7 heteroatoms. The summed E-state index contributed by atoms with van der Waals surface area (Å²) >= 11 is 0. The van der Waals surface area contributed by atoms with Crippen LogP contribution in [0, 0.1) is 0 Å². The third kappa shape index (κ3) is 8.62. The van der Waals surface area contributed by atoms with Gasteiger partial charge in [-0.15, -0.1) is 0 Å². The Kier molecular flexibility index (Phi) is 12.5. The second kappa shape index (κ2) is 20.2. The Morgan fingerprint density at radius 1 is 0.366 bits per heavy atom. The molecule has 0 aliphatic carbocycles. The lowest BCUT2D eigenvalue weighted by Gasteiger charge is -2.24. The van der Waals surface area contributed by atoms with Crippen LogP contribution in [0.15, 0.2) is 217 Å². The van der Waals surface area contributed by atoms with E-state index in [1.54, 1.807) is 0 Å². The molecule has 0 radical (unpaired) electrons. The van der Waals surface area contributed by atoms with Crippen LogP contribution in [0.1, 0.15) is 101 Å². The van der Waals surface area contributed by atoms with Crippen LogP contribution in [0.5, 0.6) is 11.5 Å². The molecule has 0 amide bonds. The molecule has 10 aromatic carbocycles. The molecule has 0 spiro atoms. The minimum atomic E-state index is 0.181. The van der Waals surface area contributed by atoms with Gasteiger partial charge in [-0.1, -0.05) is 189 Å². The summed E-state index contributed by atoms with van der Waals surface area (Å²) in [5, 5.41) is 4.06. The van der Waals surface area contributed by atoms with E-state index in [9.17, 15) is 0 Å². The molecule has 0 saturated carbocycles. The predicted octanol–water partition coefficient (Wildman–Crippen LogP) is 20.9. The number of nitrogens with zero attached hydrogens (tertiary/aromatic N) is 5. The van der Waals surface area contributed by atoms with E-state index in [1.165, 1.54) is 50.2 Å². The first-order valence-electron chi connectivity index (χ1n) is 28.9. The Bertz CT molecular complexity index is 4730. The van der Waals surface area contributed by atoms with Gasteiger partial charge in [0.05, 0.1) is 49.9 Å². The normalized spacial score (nSPS) is 12.1. The second-order valence-electron chi connectivity index (χ2n) is 23.1. The second-order valence-corrected chi connectivity index (χ2v) is 23.1. The summed E-state index contributed by atoms with van der Waals surface area (Å²) in [6, 6.07) is 75.4. The van der Waals surface area contributed by atoms with Crippen LogP contribution in [-0.4, -0.2) is 24.1 Å². The first kappa shape index (κ1) is 50.6. The molecule has 0 aliphatic heterocycles. The van der Waals surface area contributed by atoms with E-state index >= 15 is 0 Å². The average Bonchev–Trinajstić information content (AvgIpc) is 3.28. The maximum atomic E-state index is 7.26. The van der Waals surface area contributed by atoms with E-state index in [4.69, 9.17) is 24.1 Å². The van der Waals surface area contributed by atoms with E-state index in [0.29, 0.717) is 22.7 Å². The zero-order valence-electron chi connectivity index (χ0n) is 47.6. The predicted molar refractivity (Wildman–Crippen MR) is 340 cm³/mol. The number of ether oxygens (including phenoxy) is 1. The Morgan fingerprint density at radius 2 is 0.866 bits per heavy atom. The van der Waals surface area contributed by atoms with Gasteiger partial charge in [-0.3, -0.25) is 9.13 Å². The highest BCUT2D eigenvalue weighted by atomic mass is 16.5. The number of furan rings is 1. The fourth-order valence-electron chi connectivity index (χ4n) is 12.3. The molecule has 4 aromatic heterocycles. The Hall–Kier alpha value is -9.59. The van der Waals surface area contributed by atoms with Crippen LogP contribution in [0.2, 0.25) is 0 Å². The van der Waals surface area contributed by atoms with Crippen molar-refractivity contribution >= 4 is 65.8 Å². The lowest BCUT2D eigenvalue weighted by atomic mass is 9.88. The number of para-hydroxylation sites is 4. The summed E-state index contributed by atoms with van der Waals surface area (Å²) in [6.45, 7) is 18.3. The van der Waals surface area contributed by atoms with E-state index in [-0.39, 0.29) is 23.7 Å². The van der Waals surface area contributed by atoms with Crippen LogP contribution in [0.25, 0.3) is 122 Å². The number of imidazole rings is 2. The molecule has 0 N–H and O–H groups in total. The van der Waals surface area contributed by atoms with Crippen molar-refractivity contribution in [3.05, 3.63) is 235 Å². The zero-order chi connectivity index (χ0) is 55.9. The lowest BCUT2D eigenvalue weighted by molar-refractivity contribution is 0.483. The fraction of sp³-hybridized carbons (Fsp3) is 0.160. The molecule has 0 atom stereocenters. The number of aromatic nitrogens is 5. The van der Waals surface area contributed by atoms with Gasteiger partial charge < -0.3 is 9.15 Å². The molecular weight excluding hydrogens is 1000 g/mol. The van der Waals surface area contributed by atoms with Crippen molar-refractivity contribution in [1.82, 2.24) is 24.1 Å². The van der Waals surface area contributed by atoms with Crippen molar-refractivity contribution in [3.8, 4) is 67.9 Å². The molecule has 0 bridgehead atoms. The Balaban J connectivity index is 0.992. The SMILES string of the molecule is CC(C)c1cc(-c2ccccc2)cc(C(C)C)c1-n1c(-c2cccc(Oc3cc(-c4nc5ccccc5n4-c4c(C(C)C)cc(-c5ccccc5)cc4C(C)C)c4oc5cc6ccc7ccccc7c6nc5c4c3)c2)nc2ccccc21. The monoisotopic (exact) mass is 1070 g/mol. The van der Waals surface area contributed by atoms with Crippen molar-refractivity contribution in [2.24, 2.45) is 0 Å². The molecule has 0 unspecified atom stereocenters. The van der Waals surface area contributed by atoms with Crippen molar-refractivity contribution in [2.75, 3.05) is 0 Å². The standard InChI is InChI=1S/C75H63N5O2/c1-44(2)58-37-53(48-22-11-9-12-23-48)38-59(45(3)4)71(58)79-66-32-19-17-30-64(66)76-74(79)52-27-21-28-55(36-52)81-56-42-62-70-68(41-51-35-34-50-26-15-16-29-57(50)69(51)78-70)82-73(62)63(43-56)75-77-65-31-18-20-33-67(65)80(75)72-60(46(5)6)39-54(40-61(72)47(7)8)49-24-13-10-14-25-49/h9-47H,1-8H3. The maximum Gasteiger partial charge on any atom is 0.154 e. The molecule has 14 aromatic rings. The number of rotatable bonds is 12. The van der Waals surface area contributed by atoms with Gasteiger partial charge in [0.2, 0.25) is 0 Å². The highest BCUT2D eigenvalue weighted by Gasteiger charge is 2.28. The van der Waals surface area contributed by atoms with Gasteiger partial charge in [0.25, 0.3) is 0 Å². The molecule has 400 valence electrons. The summed E-state index contributed by atoms with van der Waals surface area (Å²) in [5.41, 5.74) is 20.8. The number of fused-ring (bicyclic) bond motifs is 8. The largest absolute Gasteiger partial charge is 0.457 e. The summed E-state index contributed by atoms with van der Waals surface area (Å²) in [6.07, 6.45) is 0. The van der Waals surface area contributed by atoms with Crippen LogP contribution in [0.3, 0.4) is 0 Å². The van der Waals surface area contributed by atoms with Gasteiger partial charge in [0.1, 0.15) is 34.2 Å². The number of hydrogen-bond donors (Lipinski definition) is 0. The van der Waals surface area contributed by atoms with Crippen LogP contribution in [0.4, 0.5) is 0 Å². The van der Waals surface area contributed by atoms with E-state index in [1.807, 2.05) is 6.07 Å². The molecule has 0 fully saturated rings. The highest BCUT2D eigenvalue weighted by molar-refractivity contribution is 6.14. The summed E-state index contributed by atoms with van der Waals surface area (Å²) in [5.74, 6) is 3.71. The molecular formula is C75H63N5O2. The lowest BCUT2D eigenvalue weighted by Crippen LogP contribution is -2.09. The number of hydrogen-bond acceptors (Lipinski definition) is 5. The first-order chi connectivity index (χ1) is 39.9. The summed E-state index contributed by atoms with van der Waals surface area (Å²) < 4.78 is 19.2. The van der Waals surface area contributed by atoms with E-state index in [0.717, 1.165) is 83.1 Å². The fourth-order valence-corrected chi connectivity index (χ4v) is 12.3. The van der Waals surface area contributed by atoms with Crippen molar-refractivity contribution in [3.63, 3.8) is 0 Å². The van der Waals surface area contributed by atoms with Gasteiger partial charge in [-0.2, -0.15) is 0 Å². The Labute approximate surface area is 478 Å². The number of pyridine rings is 1. The minimum Gasteiger partial charge on any atom is -0.457 e. The van der Waals surface area contributed by atoms with Gasteiger partial charge in [-0.25, -0.2) is 15.0 Å². The smallest absolute Gasteiger partial charge is 0.154 e. The number of benzene rings is 10. The summed E-state index contributed by atoms with van der Waals surface area (Å²) in [4.78, 5) is 16.5. The van der Waals surface area contributed by atoms with Gasteiger partial charge in [0.15, 0.2) is 5.58 Å². The quantitative estimate of drug-likeness (QED) is 0.114. The van der Waals surface area contributed by atoms with Crippen LogP contribution >= 0.6 is 0 Å².